The van der Waals surface area contributed by atoms with E-state index in [1.807, 2.05) is 77.4 Å². The monoisotopic (exact) mass is 400 g/mol. The molecule has 2 aromatic carbocycles. The molecule has 0 N–H and O–H groups in total. The van der Waals surface area contributed by atoms with Crippen LogP contribution in [0, 0.1) is 13.8 Å². The summed E-state index contributed by atoms with van der Waals surface area (Å²) in [4.78, 5) is 0. The first-order chi connectivity index (χ1) is 13.3. The van der Waals surface area contributed by atoms with E-state index in [9.17, 15) is 13.2 Å². The smallest absolute Gasteiger partial charge is 0.191 e. The highest BCUT2D eigenvalue weighted by Crippen LogP contribution is 2.35. The average molecular weight is 400 g/mol. The quantitative estimate of drug-likeness (QED) is 0.403. The van der Waals surface area contributed by atoms with Crippen molar-refractivity contribution in [2.75, 3.05) is 0 Å². The van der Waals surface area contributed by atoms with Crippen LogP contribution < -0.4 is 9.13 Å². The van der Waals surface area contributed by atoms with E-state index < -0.39 is 11.7 Å². The van der Waals surface area contributed by atoms with E-state index >= 15 is 0 Å². The summed E-state index contributed by atoms with van der Waals surface area (Å²) >= 11 is 1.46. The van der Waals surface area contributed by atoms with Crippen LogP contribution in [0.3, 0.4) is 0 Å². The van der Waals surface area contributed by atoms with Gasteiger partial charge >= 0.3 is 6.18 Å². The molecule has 4 aromatic rings. The van der Waals surface area contributed by atoms with E-state index in [-0.39, 0.29) is 0 Å². The number of aryl methyl sites for hydroxylation is 2. The zero-order valence-corrected chi connectivity index (χ0v) is 16.5. The van der Waals surface area contributed by atoms with E-state index in [1.54, 1.807) is 0 Å². The summed E-state index contributed by atoms with van der Waals surface area (Å²) in [6.45, 7) is 3.79. The minimum atomic E-state index is -4.42. The van der Waals surface area contributed by atoms with Crippen LogP contribution in [-0.4, -0.2) is 0 Å². The van der Waals surface area contributed by atoms with Crippen molar-refractivity contribution < 1.29 is 22.3 Å². The van der Waals surface area contributed by atoms with Crippen LogP contribution in [0.5, 0.6) is 0 Å². The van der Waals surface area contributed by atoms with Gasteiger partial charge in [-0.15, -0.1) is 0 Å². The molecule has 0 amide bonds. The van der Waals surface area contributed by atoms with Crippen molar-refractivity contribution >= 4 is 22.1 Å². The third kappa shape index (κ3) is 3.18. The molecule has 0 bridgehead atoms. The van der Waals surface area contributed by atoms with Gasteiger partial charge in [-0.2, -0.15) is 22.3 Å². The summed E-state index contributed by atoms with van der Waals surface area (Å²) in [5.74, 6) is 0. The van der Waals surface area contributed by atoms with Gasteiger partial charge in [-0.05, 0) is 24.4 Å². The number of halogens is 3. The normalized spacial score (nSPS) is 11.9. The molecule has 2 heterocycles. The molecule has 6 heteroatoms. The number of hydrogen-bond acceptors (Lipinski definition) is 1. The lowest BCUT2D eigenvalue weighted by Gasteiger charge is -2.13. The summed E-state index contributed by atoms with van der Waals surface area (Å²) < 4.78 is 44.7. The van der Waals surface area contributed by atoms with Crippen molar-refractivity contribution in [3.05, 3.63) is 76.4 Å². The van der Waals surface area contributed by atoms with Crippen LogP contribution >= 0.6 is 11.3 Å². The molecule has 0 aliphatic carbocycles. The summed E-state index contributed by atoms with van der Waals surface area (Å²) in [6.07, 6.45) is -2.51. The molecule has 0 saturated heterocycles. The molecule has 28 heavy (non-hydrogen) atoms. The molecule has 0 atom stereocenters. The van der Waals surface area contributed by atoms with Crippen LogP contribution in [0.15, 0.2) is 59.6 Å². The molecule has 0 aliphatic rings. The molecular weight excluding hydrogens is 381 g/mol. The Labute approximate surface area is 165 Å². The first-order valence-electron chi connectivity index (χ1n) is 8.81. The molecule has 0 unspecified atom stereocenters. The second-order valence-corrected chi connectivity index (χ2v) is 7.65. The van der Waals surface area contributed by atoms with Crippen molar-refractivity contribution in [2.24, 2.45) is 7.05 Å². The summed E-state index contributed by atoms with van der Waals surface area (Å²) in [6, 6.07) is 12.3. The van der Waals surface area contributed by atoms with Gasteiger partial charge in [-0.3, -0.25) is 0 Å². The second kappa shape index (κ2) is 6.71. The first kappa shape index (κ1) is 18.6. The summed E-state index contributed by atoms with van der Waals surface area (Å²) in [7, 11) is 1.85. The van der Waals surface area contributed by atoms with Crippen LogP contribution in [0.1, 0.15) is 16.8 Å². The Morgan fingerprint density at radius 1 is 0.964 bits per heavy atom. The number of nitrogens with zero attached hydrogens (tertiary/aromatic N) is 2. The maximum absolute atomic E-state index is 13.7. The Kier molecular flexibility index (Phi) is 4.46. The number of aromatic nitrogens is 2. The molecule has 142 valence electrons. The van der Waals surface area contributed by atoms with Crippen molar-refractivity contribution in [3.63, 3.8) is 0 Å². The number of hydrogen-bond donors (Lipinski definition) is 0. The lowest BCUT2D eigenvalue weighted by atomic mass is 9.99. The second-order valence-electron chi connectivity index (χ2n) is 6.93. The van der Waals surface area contributed by atoms with Crippen LogP contribution in [0.2, 0.25) is 0 Å². The maximum Gasteiger partial charge on any atom is 0.416 e. The lowest BCUT2D eigenvalue weighted by Crippen LogP contribution is -2.36. The molecular formula is C22H19F3N2S+2. The molecule has 2 nitrogen and oxygen atoms in total. The van der Waals surface area contributed by atoms with Crippen molar-refractivity contribution in [3.8, 4) is 16.9 Å². The van der Waals surface area contributed by atoms with Crippen LogP contribution in [0.4, 0.5) is 13.2 Å². The van der Waals surface area contributed by atoms with Gasteiger partial charge in [0.1, 0.15) is 7.05 Å². The van der Waals surface area contributed by atoms with E-state index in [0.29, 0.717) is 11.3 Å². The molecule has 0 radical (unpaired) electrons. The minimum Gasteiger partial charge on any atom is -0.191 e. The van der Waals surface area contributed by atoms with E-state index in [1.165, 1.54) is 23.5 Å². The van der Waals surface area contributed by atoms with E-state index in [4.69, 9.17) is 0 Å². The van der Waals surface area contributed by atoms with Gasteiger partial charge in [0, 0.05) is 30.0 Å². The highest BCUT2D eigenvalue weighted by molar-refractivity contribution is 7.07. The fraction of sp³-hybridized carbons (Fsp3) is 0.182. The summed E-state index contributed by atoms with van der Waals surface area (Å²) in [5, 5.41) is 3.92. The lowest BCUT2D eigenvalue weighted by molar-refractivity contribution is -0.655. The Morgan fingerprint density at radius 2 is 1.68 bits per heavy atom. The van der Waals surface area contributed by atoms with Gasteiger partial charge in [0.15, 0.2) is 11.9 Å². The first-order valence-corrected chi connectivity index (χ1v) is 9.75. The average Bonchev–Trinajstić information content (AvgIpc) is 3.06. The fourth-order valence-electron chi connectivity index (χ4n) is 3.51. The zero-order valence-electron chi connectivity index (χ0n) is 15.7. The molecule has 4 rings (SSSR count). The molecule has 0 saturated carbocycles. The SMILES string of the molecule is Cc1c(-c2csc[n+]2C)cc(C(F)(F)F)cc1-[n+]1cc2ccccc2cc1C. The van der Waals surface area contributed by atoms with Crippen molar-refractivity contribution in [2.45, 2.75) is 20.0 Å². The molecule has 0 aliphatic heterocycles. The predicted molar refractivity (Wildman–Crippen MR) is 104 cm³/mol. The van der Waals surface area contributed by atoms with Crippen LogP contribution in [0.25, 0.3) is 27.7 Å². The number of rotatable bonds is 2. The number of pyridine rings is 1. The highest BCUT2D eigenvalue weighted by atomic mass is 32.1. The number of thiazole rings is 1. The Bertz CT molecular complexity index is 1190. The third-order valence-corrected chi connectivity index (χ3v) is 5.83. The number of benzene rings is 2. The van der Waals surface area contributed by atoms with E-state index in [0.717, 1.165) is 27.7 Å². The Hall–Kier alpha value is -2.73. The van der Waals surface area contributed by atoms with Crippen molar-refractivity contribution in [1.29, 1.82) is 0 Å². The standard InChI is InChI=1S/C22H19F3N2S/c1-14-8-16-6-4-5-7-17(16)11-27(14)20-10-18(22(23,24)25)9-19(15(20)2)21-12-28-13-26(21)3/h4-13H,1-3H3/q+2. The minimum absolute atomic E-state index is 0.541. The predicted octanol–water partition coefficient (Wildman–Crippen LogP) is 5.31. The topological polar surface area (TPSA) is 7.76 Å². The van der Waals surface area contributed by atoms with Gasteiger partial charge in [0.25, 0.3) is 0 Å². The van der Waals surface area contributed by atoms with E-state index in [2.05, 4.69) is 0 Å². The largest absolute Gasteiger partial charge is 0.416 e. The van der Waals surface area contributed by atoms with Gasteiger partial charge in [0.2, 0.25) is 16.9 Å². The van der Waals surface area contributed by atoms with Crippen LogP contribution in [-0.2, 0) is 13.2 Å². The number of fused-ring (bicyclic) bond motifs is 1. The summed E-state index contributed by atoms with van der Waals surface area (Å²) in [5.41, 5.74) is 4.83. The third-order valence-electron chi connectivity index (χ3n) is 5.03. The Morgan fingerprint density at radius 3 is 2.32 bits per heavy atom. The molecule has 0 spiro atoms. The molecule has 2 aromatic heterocycles. The zero-order chi connectivity index (χ0) is 20.1. The maximum atomic E-state index is 13.7. The van der Waals surface area contributed by atoms with Crippen molar-refractivity contribution in [1.82, 2.24) is 0 Å². The Balaban J connectivity index is 2.04. The van der Waals surface area contributed by atoms with Gasteiger partial charge in [-0.1, -0.05) is 29.5 Å². The van der Waals surface area contributed by atoms with Gasteiger partial charge < -0.3 is 0 Å². The molecule has 0 fully saturated rings. The van der Waals surface area contributed by atoms with Gasteiger partial charge in [0.05, 0.1) is 16.5 Å². The fourth-order valence-corrected chi connectivity index (χ4v) is 4.29. The van der Waals surface area contributed by atoms with Gasteiger partial charge in [-0.25, -0.2) is 0 Å². The number of alkyl halides is 3. The highest BCUT2D eigenvalue weighted by Gasteiger charge is 2.35.